The van der Waals surface area contributed by atoms with E-state index in [0.29, 0.717) is 40.9 Å². The van der Waals surface area contributed by atoms with Crippen molar-refractivity contribution in [2.45, 2.75) is 13.5 Å². The Labute approximate surface area is 185 Å². The van der Waals surface area contributed by atoms with Crippen LogP contribution in [0.25, 0.3) is 11.6 Å². The van der Waals surface area contributed by atoms with E-state index in [-0.39, 0.29) is 5.69 Å². The number of allylic oxidation sites excluding steroid dienone is 1. The lowest BCUT2D eigenvalue weighted by molar-refractivity contribution is -0.384. The Kier molecular flexibility index (Phi) is 7.26. The smallest absolute Gasteiger partial charge is 0.269 e. The molecule has 0 unspecified atom stereocenters. The minimum atomic E-state index is -0.476. The highest BCUT2D eigenvalue weighted by Gasteiger charge is 2.10. The van der Waals surface area contributed by atoms with Gasteiger partial charge in [-0.1, -0.05) is 29.8 Å². The van der Waals surface area contributed by atoms with Crippen molar-refractivity contribution in [2.75, 3.05) is 6.61 Å². The molecular weight excluding hydrogens is 416 g/mol. The number of non-ortho nitro benzene ring substituents is 1. The van der Waals surface area contributed by atoms with Crippen LogP contribution in [-0.4, -0.2) is 11.5 Å². The van der Waals surface area contributed by atoms with Crippen LogP contribution in [0.15, 0.2) is 66.7 Å². The first-order valence-corrected chi connectivity index (χ1v) is 9.88. The van der Waals surface area contributed by atoms with E-state index in [1.165, 1.54) is 12.1 Å². The number of rotatable bonds is 8. The van der Waals surface area contributed by atoms with Crippen molar-refractivity contribution >= 4 is 28.9 Å². The number of halogens is 1. The molecule has 0 saturated heterocycles. The molecule has 0 fully saturated rings. The van der Waals surface area contributed by atoms with Crippen LogP contribution in [0.4, 0.5) is 5.69 Å². The molecule has 3 rings (SSSR count). The minimum absolute atomic E-state index is 0.0261. The summed E-state index contributed by atoms with van der Waals surface area (Å²) < 4.78 is 11.6. The number of hydrogen-bond acceptors (Lipinski definition) is 5. The van der Waals surface area contributed by atoms with Gasteiger partial charge in [0.25, 0.3) is 5.69 Å². The zero-order valence-electron chi connectivity index (χ0n) is 16.7. The molecule has 3 aromatic rings. The maximum atomic E-state index is 10.8. The first kappa shape index (κ1) is 21.9. The van der Waals surface area contributed by atoms with E-state index in [4.69, 9.17) is 21.1 Å². The van der Waals surface area contributed by atoms with Crippen molar-refractivity contribution in [3.05, 3.63) is 98.6 Å². The Bertz CT molecular complexity index is 1130. The molecular formula is C24H19ClN2O4. The Hall–Kier alpha value is -3.82. The van der Waals surface area contributed by atoms with Gasteiger partial charge in [-0.05, 0) is 66.1 Å². The van der Waals surface area contributed by atoms with E-state index in [0.717, 1.165) is 11.1 Å². The van der Waals surface area contributed by atoms with E-state index in [2.05, 4.69) is 6.07 Å². The van der Waals surface area contributed by atoms with E-state index in [1.54, 1.807) is 42.5 Å². The molecule has 0 aromatic heterocycles. The molecule has 0 radical (unpaired) electrons. The van der Waals surface area contributed by atoms with Gasteiger partial charge >= 0.3 is 0 Å². The van der Waals surface area contributed by atoms with Crippen molar-refractivity contribution in [1.82, 2.24) is 0 Å². The van der Waals surface area contributed by atoms with Crippen LogP contribution in [0.5, 0.6) is 11.5 Å². The topological polar surface area (TPSA) is 85.4 Å². The molecule has 0 aliphatic rings. The third kappa shape index (κ3) is 5.84. The van der Waals surface area contributed by atoms with Gasteiger partial charge in [0.2, 0.25) is 0 Å². The fraction of sp³-hybridized carbons (Fsp3) is 0.125. The Balaban J connectivity index is 1.83. The highest BCUT2D eigenvalue weighted by molar-refractivity contribution is 6.30. The summed E-state index contributed by atoms with van der Waals surface area (Å²) in [6, 6.07) is 20.8. The predicted octanol–water partition coefficient (Wildman–Crippen LogP) is 6.29. The van der Waals surface area contributed by atoms with Gasteiger partial charge in [0.15, 0.2) is 11.5 Å². The number of nitriles is 1. The van der Waals surface area contributed by atoms with Gasteiger partial charge in [0.1, 0.15) is 6.61 Å². The lowest BCUT2D eigenvalue weighted by Crippen LogP contribution is -2.00. The van der Waals surface area contributed by atoms with Crippen LogP contribution in [0.3, 0.4) is 0 Å². The van der Waals surface area contributed by atoms with Crippen LogP contribution in [0.1, 0.15) is 23.6 Å². The number of hydrogen-bond donors (Lipinski definition) is 0. The second-order valence-corrected chi connectivity index (χ2v) is 6.96. The van der Waals surface area contributed by atoms with E-state index in [1.807, 2.05) is 25.1 Å². The molecule has 0 bridgehead atoms. The van der Waals surface area contributed by atoms with Gasteiger partial charge in [0, 0.05) is 17.2 Å². The molecule has 0 heterocycles. The van der Waals surface area contributed by atoms with E-state index >= 15 is 0 Å². The number of nitro benzene ring substituents is 1. The maximum Gasteiger partial charge on any atom is 0.269 e. The molecule has 6 nitrogen and oxygen atoms in total. The Morgan fingerprint density at radius 2 is 1.77 bits per heavy atom. The second kappa shape index (κ2) is 10.3. The summed E-state index contributed by atoms with van der Waals surface area (Å²) in [5.74, 6) is 1.15. The molecule has 0 saturated carbocycles. The molecule has 156 valence electrons. The largest absolute Gasteiger partial charge is 0.490 e. The molecule has 0 aliphatic heterocycles. The third-order valence-corrected chi connectivity index (χ3v) is 4.65. The highest BCUT2D eigenvalue weighted by Crippen LogP contribution is 2.31. The zero-order chi connectivity index (χ0) is 22.2. The second-order valence-electron chi connectivity index (χ2n) is 6.53. The van der Waals surface area contributed by atoms with Crippen molar-refractivity contribution in [3.63, 3.8) is 0 Å². The number of ether oxygens (including phenoxy) is 2. The summed E-state index contributed by atoms with van der Waals surface area (Å²) in [4.78, 5) is 10.4. The lowest BCUT2D eigenvalue weighted by Gasteiger charge is -2.13. The molecule has 0 aliphatic carbocycles. The summed E-state index contributed by atoms with van der Waals surface area (Å²) >= 11 is 5.91. The number of nitrogens with zero attached hydrogens (tertiary/aromatic N) is 2. The summed E-state index contributed by atoms with van der Waals surface area (Å²) in [7, 11) is 0. The van der Waals surface area contributed by atoms with Gasteiger partial charge in [-0.3, -0.25) is 10.1 Å². The number of nitro groups is 1. The van der Waals surface area contributed by atoms with Crippen molar-refractivity contribution in [1.29, 1.82) is 5.26 Å². The SMILES string of the molecule is CCOc1cc(C=C(C#N)c2ccc([N+](=O)[O-])cc2)ccc1OCc1ccc(Cl)cc1. The zero-order valence-corrected chi connectivity index (χ0v) is 17.5. The molecule has 3 aromatic carbocycles. The fourth-order valence-electron chi connectivity index (χ4n) is 2.85. The summed E-state index contributed by atoms with van der Waals surface area (Å²) in [6.45, 7) is 2.69. The minimum Gasteiger partial charge on any atom is -0.490 e. The predicted molar refractivity (Wildman–Crippen MR) is 120 cm³/mol. The van der Waals surface area contributed by atoms with Gasteiger partial charge in [0.05, 0.1) is 23.2 Å². The van der Waals surface area contributed by atoms with Gasteiger partial charge in [-0.15, -0.1) is 0 Å². The molecule has 0 N–H and O–H groups in total. The fourth-order valence-corrected chi connectivity index (χ4v) is 2.98. The van der Waals surface area contributed by atoms with Crippen molar-refractivity contribution < 1.29 is 14.4 Å². The lowest BCUT2D eigenvalue weighted by atomic mass is 10.0. The van der Waals surface area contributed by atoms with E-state index in [9.17, 15) is 15.4 Å². The number of benzene rings is 3. The standard InChI is InChI=1S/C24H19ClN2O4/c1-2-30-24-14-18(5-12-23(24)31-16-17-3-8-21(25)9-4-17)13-20(15-26)19-6-10-22(11-7-19)27(28)29/h3-14H,2,16H2,1H3. The first-order valence-electron chi connectivity index (χ1n) is 9.51. The Morgan fingerprint density at radius 1 is 1.06 bits per heavy atom. The highest BCUT2D eigenvalue weighted by atomic mass is 35.5. The van der Waals surface area contributed by atoms with E-state index < -0.39 is 4.92 Å². The van der Waals surface area contributed by atoms with Crippen molar-refractivity contribution in [2.24, 2.45) is 0 Å². The van der Waals surface area contributed by atoms with Crippen molar-refractivity contribution in [3.8, 4) is 17.6 Å². The quantitative estimate of drug-likeness (QED) is 0.180. The third-order valence-electron chi connectivity index (χ3n) is 4.40. The van der Waals surface area contributed by atoms with Gasteiger partial charge in [-0.25, -0.2) is 0 Å². The molecule has 0 atom stereocenters. The van der Waals surface area contributed by atoms with Crippen LogP contribution in [-0.2, 0) is 6.61 Å². The maximum absolute atomic E-state index is 10.8. The normalized spacial score (nSPS) is 10.9. The van der Waals surface area contributed by atoms with Crippen LogP contribution < -0.4 is 9.47 Å². The summed E-state index contributed by atoms with van der Waals surface area (Å²) in [6.07, 6.45) is 1.70. The molecule has 0 amide bonds. The monoisotopic (exact) mass is 434 g/mol. The van der Waals surface area contributed by atoms with Gasteiger partial charge < -0.3 is 9.47 Å². The van der Waals surface area contributed by atoms with Gasteiger partial charge in [-0.2, -0.15) is 5.26 Å². The van der Waals surface area contributed by atoms with Crippen LogP contribution >= 0.6 is 11.6 Å². The molecule has 0 spiro atoms. The van der Waals surface area contributed by atoms with Crippen LogP contribution in [0.2, 0.25) is 5.02 Å². The Morgan fingerprint density at radius 3 is 2.39 bits per heavy atom. The average Bonchev–Trinajstić information content (AvgIpc) is 2.78. The summed E-state index contributed by atoms with van der Waals surface area (Å²) in [5, 5.41) is 21.0. The summed E-state index contributed by atoms with van der Waals surface area (Å²) in [5.41, 5.74) is 2.67. The average molecular weight is 435 g/mol. The molecule has 31 heavy (non-hydrogen) atoms. The first-order chi connectivity index (χ1) is 15.0. The van der Waals surface area contributed by atoms with Crippen LogP contribution in [0, 0.1) is 21.4 Å². The molecule has 7 heteroatoms.